The zero-order valence-corrected chi connectivity index (χ0v) is 12.0. The van der Waals surface area contributed by atoms with Crippen molar-refractivity contribution in [2.24, 2.45) is 0 Å². The molecule has 1 heterocycles. The number of hydrogen-bond donors (Lipinski definition) is 1. The Morgan fingerprint density at radius 3 is 2.89 bits per heavy atom. The molecule has 102 valence electrons. The minimum atomic E-state index is -0.519. The van der Waals surface area contributed by atoms with Crippen LogP contribution in [0.2, 0.25) is 0 Å². The van der Waals surface area contributed by atoms with Gasteiger partial charge in [0.25, 0.3) is 0 Å². The molecule has 0 saturated carbocycles. The highest BCUT2D eigenvalue weighted by atomic mass is 79.9. The number of halogens is 2. The highest BCUT2D eigenvalue weighted by Gasteiger charge is 2.26. The molecule has 19 heavy (non-hydrogen) atoms. The minimum Gasteiger partial charge on any atom is -0.345 e. The van der Waals surface area contributed by atoms with Gasteiger partial charge in [-0.15, -0.1) is 0 Å². The molecule has 0 bridgehead atoms. The molecular weight excluding hydrogens is 315 g/mol. The fraction of sp³-hybridized carbons (Fsp3) is 0.385. The summed E-state index contributed by atoms with van der Waals surface area (Å²) in [7, 11) is 0. The molecule has 1 aliphatic heterocycles. The fourth-order valence-electron chi connectivity index (χ4n) is 2.01. The van der Waals surface area contributed by atoms with Gasteiger partial charge in [0, 0.05) is 24.0 Å². The normalized spacial score (nSPS) is 20.2. The molecule has 0 radical (unpaired) electrons. The monoisotopic (exact) mass is 328 g/mol. The summed E-state index contributed by atoms with van der Waals surface area (Å²) in [5, 5.41) is 2.63. The predicted molar refractivity (Wildman–Crippen MR) is 71.7 cm³/mol. The lowest BCUT2D eigenvalue weighted by Gasteiger charge is -2.22. The summed E-state index contributed by atoms with van der Waals surface area (Å²) in [6.45, 7) is 2.40. The van der Waals surface area contributed by atoms with E-state index in [0.717, 1.165) is 5.56 Å². The van der Waals surface area contributed by atoms with Gasteiger partial charge in [-0.25, -0.2) is 4.39 Å². The summed E-state index contributed by atoms with van der Waals surface area (Å²) in [4.78, 5) is 25.1. The van der Waals surface area contributed by atoms with Gasteiger partial charge in [-0.3, -0.25) is 9.59 Å². The first-order valence-electron chi connectivity index (χ1n) is 5.99. The molecule has 2 rings (SSSR count). The second kappa shape index (κ2) is 5.69. The summed E-state index contributed by atoms with van der Waals surface area (Å²) in [5.74, 6) is -0.577. The van der Waals surface area contributed by atoms with Crippen LogP contribution in [0.25, 0.3) is 0 Å². The van der Waals surface area contributed by atoms with Crippen molar-refractivity contribution >= 4 is 27.7 Å². The van der Waals surface area contributed by atoms with Crippen LogP contribution in [-0.4, -0.2) is 29.3 Å². The zero-order chi connectivity index (χ0) is 14.0. The average Bonchev–Trinajstić information content (AvgIpc) is 2.46. The summed E-state index contributed by atoms with van der Waals surface area (Å²) in [6, 6.07) is 3.84. The molecule has 1 aromatic rings. The molecule has 2 amide bonds. The number of benzene rings is 1. The van der Waals surface area contributed by atoms with E-state index in [1.807, 2.05) is 0 Å². The molecule has 4 nitrogen and oxygen atoms in total. The SMILES string of the molecule is CC1NC(=O)CCN(Cc2ccc(F)cc2Br)C1=O. The highest BCUT2D eigenvalue weighted by Crippen LogP contribution is 2.20. The van der Waals surface area contributed by atoms with E-state index in [-0.39, 0.29) is 24.1 Å². The van der Waals surface area contributed by atoms with E-state index in [2.05, 4.69) is 21.2 Å². The number of hydrogen-bond acceptors (Lipinski definition) is 2. The van der Waals surface area contributed by atoms with Crippen LogP contribution in [0, 0.1) is 5.82 Å². The molecule has 6 heteroatoms. The van der Waals surface area contributed by atoms with Crippen LogP contribution in [0.5, 0.6) is 0 Å². The van der Waals surface area contributed by atoms with E-state index < -0.39 is 6.04 Å². The minimum absolute atomic E-state index is 0.123. The Morgan fingerprint density at radius 1 is 1.47 bits per heavy atom. The lowest BCUT2D eigenvalue weighted by atomic mass is 10.2. The Morgan fingerprint density at radius 2 is 2.21 bits per heavy atom. The van der Waals surface area contributed by atoms with Gasteiger partial charge < -0.3 is 10.2 Å². The molecule has 1 fully saturated rings. The Bertz CT molecular complexity index is 521. The van der Waals surface area contributed by atoms with Gasteiger partial charge in [0.15, 0.2) is 0 Å². The van der Waals surface area contributed by atoms with Crippen molar-refractivity contribution in [2.45, 2.75) is 25.9 Å². The van der Waals surface area contributed by atoms with E-state index in [0.29, 0.717) is 17.6 Å². The van der Waals surface area contributed by atoms with Gasteiger partial charge in [0.05, 0.1) is 0 Å². The van der Waals surface area contributed by atoms with Crippen molar-refractivity contribution < 1.29 is 14.0 Å². The number of carbonyl (C=O) groups excluding carboxylic acids is 2. The Balaban J connectivity index is 2.17. The number of nitrogens with zero attached hydrogens (tertiary/aromatic N) is 1. The van der Waals surface area contributed by atoms with Gasteiger partial charge >= 0.3 is 0 Å². The van der Waals surface area contributed by atoms with Crippen LogP contribution in [0.15, 0.2) is 22.7 Å². The third-order valence-electron chi connectivity index (χ3n) is 3.04. The van der Waals surface area contributed by atoms with Crippen LogP contribution in [0.3, 0.4) is 0 Å². The molecule has 1 N–H and O–H groups in total. The maximum absolute atomic E-state index is 13.0. The number of carbonyl (C=O) groups is 2. The molecule has 1 saturated heterocycles. The molecule has 1 unspecified atom stereocenters. The van der Waals surface area contributed by atoms with E-state index in [9.17, 15) is 14.0 Å². The van der Waals surface area contributed by atoms with Crippen LogP contribution < -0.4 is 5.32 Å². The molecule has 1 atom stereocenters. The maximum Gasteiger partial charge on any atom is 0.245 e. The topological polar surface area (TPSA) is 49.4 Å². The first-order valence-corrected chi connectivity index (χ1v) is 6.79. The van der Waals surface area contributed by atoms with Crippen molar-refractivity contribution in [1.29, 1.82) is 0 Å². The summed E-state index contributed by atoms with van der Waals surface area (Å²) in [5.41, 5.74) is 0.816. The molecule has 1 aromatic carbocycles. The summed E-state index contributed by atoms with van der Waals surface area (Å²) < 4.78 is 13.6. The smallest absolute Gasteiger partial charge is 0.245 e. The Labute approximate surface area is 119 Å². The quantitative estimate of drug-likeness (QED) is 0.900. The molecular formula is C13H14BrFN2O2. The van der Waals surface area contributed by atoms with E-state index >= 15 is 0 Å². The standard InChI is InChI=1S/C13H14BrFN2O2/c1-8-13(19)17(5-4-12(18)16-8)7-9-2-3-10(15)6-11(9)14/h2-3,6,8H,4-5,7H2,1H3,(H,16,18). The van der Waals surface area contributed by atoms with Crippen LogP contribution in [0.1, 0.15) is 18.9 Å². The van der Waals surface area contributed by atoms with Gasteiger partial charge in [-0.2, -0.15) is 0 Å². The van der Waals surface area contributed by atoms with Gasteiger partial charge in [0.2, 0.25) is 11.8 Å². The number of rotatable bonds is 2. The number of amides is 2. The average molecular weight is 329 g/mol. The van der Waals surface area contributed by atoms with Crippen molar-refractivity contribution in [2.75, 3.05) is 6.54 Å². The molecule has 0 aromatic heterocycles. The zero-order valence-electron chi connectivity index (χ0n) is 10.5. The first kappa shape index (κ1) is 14.0. The lowest BCUT2D eigenvalue weighted by molar-refractivity contribution is -0.133. The van der Waals surface area contributed by atoms with E-state index in [4.69, 9.17) is 0 Å². The number of nitrogens with one attached hydrogen (secondary N) is 1. The fourth-order valence-corrected chi connectivity index (χ4v) is 2.48. The van der Waals surface area contributed by atoms with Crippen molar-refractivity contribution in [3.8, 4) is 0 Å². The van der Waals surface area contributed by atoms with Crippen LogP contribution in [-0.2, 0) is 16.1 Å². The van der Waals surface area contributed by atoms with Crippen molar-refractivity contribution in [3.05, 3.63) is 34.1 Å². The van der Waals surface area contributed by atoms with Gasteiger partial charge in [-0.05, 0) is 24.6 Å². The second-order valence-electron chi connectivity index (χ2n) is 4.53. The summed E-state index contributed by atoms with van der Waals surface area (Å²) in [6.07, 6.45) is 0.287. The van der Waals surface area contributed by atoms with Crippen LogP contribution >= 0.6 is 15.9 Å². The van der Waals surface area contributed by atoms with Gasteiger partial charge in [-0.1, -0.05) is 22.0 Å². The highest BCUT2D eigenvalue weighted by molar-refractivity contribution is 9.10. The van der Waals surface area contributed by atoms with E-state index in [1.165, 1.54) is 12.1 Å². The second-order valence-corrected chi connectivity index (χ2v) is 5.39. The Kier molecular flexibility index (Phi) is 4.19. The largest absolute Gasteiger partial charge is 0.345 e. The van der Waals surface area contributed by atoms with Crippen LogP contribution in [0.4, 0.5) is 4.39 Å². The van der Waals surface area contributed by atoms with Gasteiger partial charge in [0.1, 0.15) is 11.9 Å². The summed E-state index contributed by atoms with van der Waals surface area (Å²) >= 11 is 3.28. The van der Waals surface area contributed by atoms with E-state index in [1.54, 1.807) is 17.9 Å². The van der Waals surface area contributed by atoms with Crippen molar-refractivity contribution in [1.82, 2.24) is 10.2 Å². The third kappa shape index (κ3) is 3.32. The molecule has 1 aliphatic rings. The lowest BCUT2D eigenvalue weighted by Crippen LogP contribution is -2.42. The molecule has 0 aliphatic carbocycles. The maximum atomic E-state index is 13.0. The predicted octanol–water partition coefficient (Wildman–Crippen LogP) is 1.83. The first-order chi connectivity index (χ1) is 8.97. The molecule has 0 spiro atoms. The van der Waals surface area contributed by atoms with Crippen molar-refractivity contribution in [3.63, 3.8) is 0 Å². The Hall–Kier alpha value is -1.43. The third-order valence-corrected chi connectivity index (χ3v) is 3.78.